The Kier molecular flexibility index (Phi) is 5.44. The molecule has 0 bridgehead atoms. The molecule has 1 saturated heterocycles. The minimum absolute atomic E-state index is 0.346. The molecule has 0 aromatic heterocycles. The Bertz CT molecular complexity index is 404. The molecule has 0 spiro atoms. The minimum Gasteiger partial charge on any atom is -0.508 e. The molecule has 20 heavy (non-hydrogen) atoms. The van der Waals surface area contributed by atoms with Crippen LogP contribution in [0.3, 0.4) is 0 Å². The second-order valence-electron chi connectivity index (χ2n) is 6.06. The van der Waals surface area contributed by atoms with Crippen LogP contribution in [0.5, 0.6) is 5.75 Å². The first-order chi connectivity index (χ1) is 9.63. The van der Waals surface area contributed by atoms with Gasteiger partial charge in [-0.05, 0) is 30.0 Å². The van der Waals surface area contributed by atoms with E-state index in [1.54, 1.807) is 12.1 Å². The van der Waals surface area contributed by atoms with E-state index in [-0.39, 0.29) is 0 Å². The van der Waals surface area contributed by atoms with Gasteiger partial charge in [-0.1, -0.05) is 39.3 Å². The summed E-state index contributed by atoms with van der Waals surface area (Å²) >= 11 is 0. The van der Waals surface area contributed by atoms with Crippen molar-refractivity contribution in [1.29, 1.82) is 0 Å². The Hall–Kier alpha value is -1.06. The fraction of sp³-hybridized carbons (Fsp3) is 0.647. The van der Waals surface area contributed by atoms with Gasteiger partial charge in [-0.3, -0.25) is 4.90 Å². The van der Waals surface area contributed by atoms with E-state index in [0.717, 1.165) is 19.6 Å². The number of benzene rings is 1. The van der Waals surface area contributed by atoms with Crippen LogP contribution in [0.15, 0.2) is 24.3 Å². The fourth-order valence-electron chi connectivity index (χ4n) is 3.02. The molecule has 1 fully saturated rings. The number of rotatable bonds is 5. The average Bonchev–Trinajstić information content (AvgIpc) is 2.48. The molecule has 1 aliphatic rings. The van der Waals surface area contributed by atoms with Crippen LogP contribution in [-0.2, 0) is 6.54 Å². The zero-order valence-electron chi connectivity index (χ0n) is 13.0. The first-order valence-electron chi connectivity index (χ1n) is 7.89. The van der Waals surface area contributed by atoms with Crippen LogP contribution >= 0.6 is 0 Å². The van der Waals surface area contributed by atoms with Crippen LogP contribution in [0.1, 0.15) is 39.2 Å². The predicted octanol–water partition coefficient (Wildman–Crippen LogP) is 2.99. The van der Waals surface area contributed by atoms with Gasteiger partial charge >= 0.3 is 0 Å². The monoisotopic (exact) mass is 276 g/mol. The SMILES string of the molecule is CCC1CN(Cc2ccc(O)cc2)C(C(C)CC)CN1. The third-order valence-electron chi connectivity index (χ3n) is 4.66. The summed E-state index contributed by atoms with van der Waals surface area (Å²) in [5.41, 5.74) is 1.29. The number of hydrogen-bond acceptors (Lipinski definition) is 3. The molecule has 3 atom stereocenters. The average molecular weight is 276 g/mol. The number of nitrogens with one attached hydrogen (secondary N) is 1. The molecule has 1 aromatic rings. The van der Waals surface area contributed by atoms with Crippen molar-refractivity contribution in [2.24, 2.45) is 5.92 Å². The van der Waals surface area contributed by atoms with Crippen molar-refractivity contribution in [3.05, 3.63) is 29.8 Å². The van der Waals surface area contributed by atoms with Gasteiger partial charge in [-0.2, -0.15) is 0 Å². The Morgan fingerprint density at radius 2 is 2.00 bits per heavy atom. The van der Waals surface area contributed by atoms with Crippen molar-refractivity contribution in [2.45, 2.75) is 52.2 Å². The van der Waals surface area contributed by atoms with E-state index in [1.807, 2.05) is 12.1 Å². The van der Waals surface area contributed by atoms with Crippen LogP contribution in [0, 0.1) is 5.92 Å². The Labute approximate surface area is 123 Å². The summed E-state index contributed by atoms with van der Waals surface area (Å²) in [6, 6.07) is 8.85. The number of piperazine rings is 1. The predicted molar refractivity (Wildman–Crippen MR) is 83.8 cm³/mol. The molecule has 0 radical (unpaired) electrons. The maximum Gasteiger partial charge on any atom is 0.115 e. The van der Waals surface area contributed by atoms with E-state index in [1.165, 1.54) is 18.4 Å². The Balaban J connectivity index is 2.08. The van der Waals surface area contributed by atoms with E-state index in [4.69, 9.17) is 0 Å². The smallest absolute Gasteiger partial charge is 0.115 e. The van der Waals surface area contributed by atoms with E-state index < -0.39 is 0 Å². The Morgan fingerprint density at radius 1 is 1.30 bits per heavy atom. The number of phenols is 1. The molecule has 0 aliphatic carbocycles. The highest BCUT2D eigenvalue weighted by Crippen LogP contribution is 2.22. The van der Waals surface area contributed by atoms with Crippen molar-refractivity contribution in [3.8, 4) is 5.75 Å². The maximum atomic E-state index is 9.40. The molecule has 2 N–H and O–H groups in total. The molecule has 2 rings (SSSR count). The highest BCUT2D eigenvalue weighted by atomic mass is 16.3. The molecule has 3 nitrogen and oxygen atoms in total. The zero-order chi connectivity index (χ0) is 14.5. The maximum absolute atomic E-state index is 9.40. The molecule has 3 heteroatoms. The van der Waals surface area contributed by atoms with E-state index >= 15 is 0 Å². The summed E-state index contributed by atoms with van der Waals surface area (Å²) in [7, 11) is 0. The number of phenolic OH excluding ortho intramolecular Hbond substituents is 1. The number of aromatic hydroxyl groups is 1. The minimum atomic E-state index is 0.346. The number of nitrogens with zero attached hydrogens (tertiary/aromatic N) is 1. The third kappa shape index (κ3) is 3.74. The summed E-state index contributed by atoms with van der Waals surface area (Å²) in [6.07, 6.45) is 2.40. The van der Waals surface area contributed by atoms with E-state index in [0.29, 0.717) is 23.8 Å². The molecule has 1 heterocycles. The summed E-state index contributed by atoms with van der Waals surface area (Å²) in [4.78, 5) is 2.62. The van der Waals surface area contributed by atoms with Crippen molar-refractivity contribution in [2.75, 3.05) is 13.1 Å². The number of hydrogen-bond donors (Lipinski definition) is 2. The van der Waals surface area contributed by atoms with Gasteiger partial charge in [0.15, 0.2) is 0 Å². The standard InChI is InChI=1S/C17H28N2O/c1-4-13(3)17-10-18-15(5-2)12-19(17)11-14-6-8-16(20)9-7-14/h6-9,13,15,17-18,20H,4-5,10-12H2,1-3H3. The summed E-state index contributed by atoms with van der Waals surface area (Å²) in [6.45, 7) is 10.1. The second kappa shape index (κ2) is 7.09. The molecule has 0 amide bonds. The van der Waals surface area contributed by atoms with Crippen LogP contribution < -0.4 is 5.32 Å². The van der Waals surface area contributed by atoms with Crippen LogP contribution in [0.4, 0.5) is 0 Å². The lowest BCUT2D eigenvalue weighted by Gasteiger charge is -2.43. The summed E-state index contributed by atoms with van der Waals surface area (Å²) in [5, 5.41) is 13.1. The normalized spacial score (nSPS) is 25.6. The van der Waals surface area contributed by atoms with E-state index in [9.17, 15) is 5.11 Å². The largest absolute Gasteiger partial charge is 0.508 e. The Morgan fingerprint density at radius 3 is 2.60 bits per heavy atom. The van der Waals surface area contributed by atoms with Crippen LogP contribution in [0.25, 0.3) is 0 Å². The quantitative estimate of drug-likeness (QED) is 0.868. The third-order valence-corrected chi connectivity index (χ3v) is 4.66. The first-order valence-corrected chi connectivity index (χ1v) is 7.89. The van der Waals surface area contributed by atoms with E-state index in [2.05, 4.69) is 31.0 Å². The van der Waals surface area contributed by atoms with Crippen molar-refractivity contribution in [3.63, 3.8) is 0 Å². The molecule has 112 valence electrons. The first kappa shape index (κ1) is 15.3. The van der Waals surface area contributed by atoms with Gasteiger partial charge in [0, 0.05) is 31.7 Å². The van der Waals surface area contributed by atoms with Gasteiger partial charge in [0.1, 0.15) is 5.75 Å². The molecule has 3 unspecified atom stereocenters. The summed E-state index contributed by atoms with van der Waals surface area (Å²) < 4.78 is 0. The molecular weight excluding hydrogens is 248 g/mol. The summed E-state index contributed by atoms with van der Waals surface area (Å²) in [5.74, 6) is 1.05. The van der Waals surface area contributed by atoms with Crippen molar-refractivity contribution in [1.82, 2.24) is 10.2 Å². The lowest BCUT2D eigenvalue weighted by molar-refractivity contribution is 0.0832. The van der Waals surface area contributed by atoms with Gasteiger partial charge in [0.05, 0.1) is 0 Å². The topological polar surface area (TPSA) is 35.5 Å². The molecule has 1 aromatic carbocycles. The van der Waals surface area contributed by atoms with Crippen LogP contribution in [-0.4, -0.2) is 35.2 Å². The molecule has 1 aliphatic heterocycles. The van der Waals surface area contributed by atoms with Gasteiger partial charge in [0.25, 0.3) is 0 Å². The van der Waals surface area contributed by atoms with Gasteiger partial charge in [-0.25, -0.2) is 0 Å². The second-order valence-corrected chi connectivity index (χ2v) is 6.06. The highest BCUT2D eigenvalue weighted by Gasteiger charge is 2.29. The van der Waals surface area contributed by atoms with Crippen molar-refractivity contribution >= 4 is 0 Å². The van der Waals surface area contributed by atoms with Crippen LogP contribution in [0.2, 0.25) is 0 Å². The highest BCUT2D eigenvalue weighted by molar-refractivity contribution is 5.25. The fourth-order valence-corrected chi connectivity index (χ4v) is 3.02. The van der Waals surface area contributed by atoms with Gasteiger partial charge < -0.3 is 10.4 Å². The molecular formula is C17H28N2O. The van der Waals surface area contributed by atoms with Crippen molar-refractivity contribution < 1.29 is 5.11 Å². The lowest BCUT2D eigenvalue weighted by Crippen LogP contribution is -2.57. The zero-order valence-corrected chi connectivity index (χ0v) is 13.0. The van der Waals surface area contributed by atoms with Gasteiger partial charge in [-0.15, -0.1) is 0 Å². The van der Waals surface area contributed by atoms with Gasteiger partial charge in [0.2, 0.25) is 0 Å². The molecule has 0 saturated carbocycles. The lowest BCUT2D eigenvalue weighted by atomic mass is 9.93.